The Morgan fingerprint density at radius 1 is 1.00 bits per heavy atom. The summed E-state index contributed by atoms with van der Waals surface area (Å²) in [6, 6.07) is 9.75. The van der Waals surface area contributed by atoms with Gasteiger partial charge in [-0.15, -0.1) is 11.3 Å². The van der Waals surface area contributed by atoms with Gasteiger partial charge in [0.2, 0.25) is 0 Å². The van der Waals surface area contributed by atoms with Crippen LogP contribution in [0.5, 0.6) is 5.75 Å². The Morgan fingerprint density at radius 2 is 1.71 bits per heavy atom. The van der Waals surface area contributed by atoms with E-state index in [1.54, 1.807) is 0 Å². The molecule has 2 aromatic carbocycles. The maximum Gasteiger partial charge on any atom is 0.516 e. The molecule has 0 aliphatic carbocycles. The Balaban J connectivity index is 1.73. The first kappa shape index (κ1) is 22.9. The van der Waals surface area contributed by atoms with Crippen molar-refractivity contribution in [2.24, 2.45) is 0 Å². The van der Waals surface area contributed by atoms with Crippen molar-refractivity contribution in [3.63, 3.8) is 0 Å². The standard InChI is InChI=1S/C18H12F6N2O3S2/c19-17(20,21)15-7-2-1-6-14(15)16-25-12(10-30-16)9-29-13-5-3-4-11(8-13)26-31(27,28)18(22,23)24/h1-8,10,26H,9H2. The average Bonchev–Trinajstić information content (AvgIpc) is 3.14. The molecule has 0 fully saturated rings. The molecule has 166 valence electrons. The smallest absolute Gasteiger partial charge is 0.487 e. The molecule has 0 saturated carbocycles. The van der Waals surface area contributed by atoms with Gasteiger partial charge in [-0.25, -0.2) is 4.98 Å². The molecule has 0 radical (unpaired) electrons. The summed E-state index contributed by atoms with van der Waals surface area (Å²) in [7, 11) is -5.59. The first-order valence-electron chi connectivity index (χ1n) is 8.30. The maximum atomic E-state index is 13.2. The maximum absolute atomic E-state index is 13.2. The second-order valence-electron chi connectivity index (χ2n) is 6.06. The van der Waals surface area contributed by atoms with Crippen LogP contribution in [0, 0.1) is 0 Å². The van der Waals surface area contributed by atoms with Gasteiger partial charge in [-0.3, -0.25) is 4.72 Å². The van der Waals surface area contributed by atoms with Crippen molar-refractivity contribution < 1.29 is 39.5 Å². The Morgan fingerprint density at radius 3 is 2.39 bits per heavy atom. The largest absolute Gasteiger partial charge is 0.516 e. The van der Waals surface area contributed by atoms with E-state index >= 15 is 0 Å². The van der Waals surface area contributed by atoms with Gasteiger partial charge in [0.25, 0.3) is 0 Å². The molecule has 0 bridgehead atoms. The number of hydrogen-bond acceptors (Lipinski definition) is 5. The molecule has 13 heteroatoms. The van der Waals surface area contributed by atoms with Gasteiger partial charge in [0.15, 0.2) is 0 Å². The lowest BCUT2D eigenvalue weighted by atomic mass is 10.1. The number of benzene rings is 2. The predicted molar refractivity (Wildman–Crippen MR) is 102 cm³/mol. The zero-order valence-corrected chi connectivity index (χ0v) is 16.8. The summed E-state index contributed by atoms with van der Waals surface area (Å²) in [4.78, 5) is 4.12. The predicted octanol–water partition coefficient (Wildman–Crippen LogP) is 5.67. The molecule has 0 atom stereocenters. The topological polar surface area (TPSA) is 68.3 Å². The molecular weight excluding hydrogens is 470 g/mol. The minimum absolute atomic E-state index is 0.0348. The number of sulfonamides is 1. The van der Waals surface area contributed by atoms with Crippen LogP contribution in [0.3, 0.4) is 0 Å². The van der Waals surface area contributed by atoms with Crippen LogP contribution >= 0.6 is 11.3 Å². The van der Waals surface area contributed by atoms with Crippen LogP contribution in [-0.2, 0) is 22.8 Å². The summed E-state index contributed by atoms with van der Waals surface area (Å²) in [6.45, 7) is -0.194. The molecule has 1 N–H and O–H groups in total. The van der Waals surface area contributed by atoms with E-state index in [-0.39, 0.29) is 28.6 Å². The van der Waals surface area contributed by atoms with Gasteiger partial charge in [-0.05, 0) is 18.2 Å². The molecule has 0 aliphatic rings. The van der Waals surface area contributed by atoms with Crippen LogP contribution in [-0.4, -0.2) is 18.9 Å². The molecule has 1 heterocycles. The lowest BCUT2D eigenvalue weighted by Crippen LogP contribution is -2.29. The number of thiazole rings is 1. The number of halogens is 6. The highest BCUT2D eigenvalue weighted by molar-refractivity contribution is 7.93. The molecule has 0 saturated heterocycles. The number of nitrogens with one attached hydrogen (secondary N) is 1. The van der Waals surface area contributed by atoms with Crippen LogP contribution in [0.4, 0.5) is 32.0 Å². The fourth-order valence-corrected chi connectivity index (χ4v) is 3.83. The Kier molecular flexibility index (Phi) is 6.18. The van der Waals surface area contributed by atoms with Crippen molar-refractivity contribution in [1.29, 1.82) is 0 Å². The number of anilines is 1. The van der Waals surface area contributed by atoms with E-state index in [0.29, 0.717) is 5.69 Å². The SMILES string of the molecule is O=S(=O)(Nc1cccc(OCc2csc(-c3ccccc3C(F)(F)F)n2)c1)C(F)(F)F. The highest BCUT2D eigenvalue weighted by Crippen LogP contribution is 2.38. The van der Waals surface area contributed by atoms with Crippen LogP contribution < -0.4 is 9.46 Å². The zero-order valence-electron chi connectivity index (χ0n) is 15.2. The van der Waals surface area contributed by atoms with Gasteiger partial charge in [0.1, 0.15) is 17.4 Å². The number of nitrogens with zero attached hydrogens (tertiary/aromatic N) is 1. The van der Waals surface area contributed by atoms with Crippen LogP contribution in [0.2, 0.25) is 0 Å². The second-order valence-corrected chi connectivity index (χ2v) is 8.59. The quantitative estimate of drug-likeness (QED) is 0.460. The number of hydrogen-bond donors (Lipinski definition) is 1. The third-order valence-corrected chi connectivity index (χ3v) is 5.83. The fourth-order valence-electron chi connectivity index (χ4n) is 2.43. The number of rotatable bonds is 6. The van der Waals surface area contributed by atoms with E-state index in [0.717, 1.165) is 29.5 Å². The molecule has 3 rings (SSSR count). The summed E-state index contributed by atoms with van der Waals surface area (Å²) in [5, 5.41) is 1.61. The van der Waals surface area contributed by atoms with Crippen molar-refractivity contribution >= 4 is 27.0 Å². The van der Waals surface area contributed by atoms with Crippen molar-refractivity contribution in [3.8, 4) is 16.3 Å². The number of aromatic nitrogens is 1. The Hall–Kier alpha value is -2.80. The summed E-state index contributed by atoms with van der Waals surface area (Å²) >= 11 is 0.974. The highest BCUT2D eigenvalue weighted by Gasteiger charge is 2.46. The average molecular weight is 482 g/mol. The normalized spacial score (nSPS) is 12.6. The third-order valence-electron chi connectivity index (χ3n) is 3.79. The first-order valence-corrected chi connectivity index (χ1v) is 10.7. The molecule has 3 aromatic rings. The highest BCUT2D eigenvalue weighted by atomic mass is 32.2. The summed E-state index contributed by atoms with van der Waals surface area (Å²) < 4.78 is 106. The van der Waals surface area contributed by atoms with E-state index in [1.807, 2.05) is 0 Å². The van der Waals surface area contributed by atoms with Crippen LogP contribution in [0.1, 0.15) is 11.3 Å². The van der Waals surface area contributed by atoms with Crippen molar-refractivity contribution in [2.45, 2.75) is 18.3 Å². The Labute approximate surface area is 176 Å². The zero-order chi connectivity index (χ0) is 22.9. The van der Waals surface area contributed by atoms with E-state index in [1.165, 1.54) is 40.4 Å². The second kappa shape index (κ2) is 8.38. The van der Waals surface area contributed by atoms with Gasteiger partial charge in [-0.2, -0.15) is 34.8 Å². The number of ether oxygens (including phenoxy) is 1. The van der Waals surface area contributed by atoms with Gasteiger partial charge in [0, 0.05) is 17.0 Å². The fraction of sp³-hybridized carbons (Fsp3) is 0.167. The molecule has 0 unspecified atom stereocenters. The van der Waals surface area contributed by atoms with Gasteiger partial charge in [0.05, 0.1) is 16.9 Å². The van der Waals surface area contributed by atoms with E-state index in [2.05, 4.69) is 4.98 Å². The van der Waals surface area contributed by atoms with Gasteiger partial charge in [-0.1, -0.05) is 24.3 Å². The molecule has 31 heavy (non-hydrogen) atoms. The van der Waals surface area contributed by atoms with Crippen LogP contribution in [0.15, 0.2) is 53.9 Å². The van der Waals surface area contributed by atoms with E-state index in [9.17, 15) is 34.8 Å². The minimum Gasteiger partial charge on any atom is -0.487 e. The van der Waals surface area contributed by atoms with Crippen molar-refractivity contribution in [1.82, 2.24) is 4.98 Å². The molecule has 5 nitrogen and oxygen atoms in total. The monoisotopic (exact) mass is 482 g/mol. The summed E-state index contributed by atoms with van der Waals surface area (Å²) in [5.74, 6) is 0.0348. The summed E-state index contributed by atoms with van der Waals surface area (Å²) in [5.41, 5.74) is -6.48. The molecule has 0 amide bonds. The van der Waals surface area contributed by atoms with E-state index < -0.39 is 27.3 Å². The van der Waals surface area contributed by atoms with Crippen molar-refractivity contribution in [3.05, 3.63) is 65.2 Å². The molecular formula is C18H12F6N2O3S2. The Bertz CT molecular complexity index is 1170. The third kappa shape index (κ3) is 5.47. The van der Waals surface area contributed by atoms with Crippen molar-refractivity contribution in [2.75, 3.05) is 4.72 Å². The van der Waals surface area contributed by atoms with Crippen LogP contribution in [0.25, 0.3) is 10.6 Å². The molecule has 0 spiro atoms. The lowest BCUT2D eigenvalue weighted by molar-refractivity contribution is -0.137. The van der Waals surface area contributed by atoms with E-state index in [4.69, 9.17) is 4.74 Å². The lowest BCUT2D eigenvalue weighted by Gasteiger charge is -2.12. The molecule has 0 aliphatic heterocycles. The van der Waals surface area contributed by atoms with Gasteiger partial charge >= 0.3 is 21.7 Å². The molecule has 1 aromatic heterocycles. The van der Waals surface area contributed by atoms with Gasteiger partial charge < -0.3 is 4.74 Å². The number of alkyl halides is 6. The minimum atomic E-state index is -5.59. The first-order chi connectivity index (χ1) is 14.4. The summed E-state index contributed by atoms with van der Waals surface area (Å²) in [6.07, 6.45) is -4.55.